The van der Waals surface area contributed by atoms with Gasteiger partial charge in [-0.15, -0.1) is 0 Å². The van der Waals surface area contributed by atoms with Gasteiger partial charge in [-0.05, 0) is 6.92 Å². The molecule has 0 aromatic heterocycles. The first kappa shape index (κ1) is 20.7. The summed E-state index contributed by atoms with van der Waals surface area (Å²) in [4.78, 5) is 0. The van der Waals surface area contributed by atoms with Crippen LogP contribution in [0.15, 0.2) is 0 Å². The Labute approximate surface area is 140 Å². The standard InChI is InChI=1S/C8H16O9S2.Na/c1-5-7(16-18(3,9)10)8(17-19(11,12)13)6(14-2)4-15-5;/h5-8H,4H2,1-3H3,(H,11,12,13);/q;+1/p-1/t5-,6+,7?,8+;/m0./s1. The second kappa shape index (κ2) is 7.81. The third-order valence-corrected chi connectivity index (χ3v) is 3.52. The molecule has 9 nitrogen and oxygen atoms in total. The molecule has 0 aromatic rings. The van der Waals surface area contributed by atoms with E-state index < -0.39 is 44.9 Å². The van der Waals surface area contributed by atoms with Crippen LogP contribution in [0.25, 0.3) is 0 Å². The molecule has 0 saturated carbocycles. The van der Waals surface area contributed by atoms with Crippen LogP contribution < -0.4 is 29.6 Å². The average molecular weight is 342 g/mol. The van der Waals surface area contributed by atoms with Crippen LogP contribution in [0.2, 0.25) is 0 Å². The zero-order valence-electron chi connectivity index (χ0n) is 11.5. The average Bonchev–Trinajstić information content (AvgIpc) is 2.20. The fourth-order valence-electron chi connectivity index (χ4n) is 1.70. The normalized spacial score (nSPS) is 31.6. The van der Waals surface area contributed by atoms with Gasteiger partial charge < -0.3 is 14.0 Å². The van der Waals surface area contributed by atoms with Crippen LogP contribution in [-0.2, 0) is 38.4 Å². The van der Waals surface area contributed by atoms with E-state index in [0.717, 1.165) is 6.26 Å². The van der Waals surface area contributed by atoms with Crippen LogP contribution in [0.1, 0.15) is 6.92 Å². The molecule has 1 unspecified atom stereocenters. The van der Waals surface area contributed by atoms with Crippen molar-refractivity contribution >= 4 is 20.5 Å². The Morgan fingerprint density at radius 2 is 1.70 bits per heavy atom. The Bertz CT molecular complexity index is 502. The van der Waals surface area contributed by atoms with E-state index in [-0.39, 0.29) is 36.2 Å². The minimum absolute atomic E-state index is 0. The van der Waals surface area contributed by atoms with Crippen molar-refractivity contribution in [2.24, 2.45) is 0 Å². The first-order valence-electron chi connectivity index (χ1n) is 5.20. The maximum atomic E-state index is 11.1. The SMILES string of the molecule is CO[C@@H]1CO[C@@H](C)C(OS(C)(=O)=O)[C@@H]1OS(=O)(=O)[O-].[Na+]. The molecule has 1 rings (SSSR count). The molecule has 0 aliphatic carbocycles. The maximum Gasteiger partial charge on any atom is 1.00 e. The summed E-state index contributed by atoms with van der Waals surface area (Å²) in [6.07, 6.45) is -3.62. The number of ether oxygens (including phenoxy) is 2. The molecule has 1 heterocycles. The molecule has 0 N–H and O–H groups in total. The molecule has 1 saturated heterocycles. The Morgan fingerprint density at radius 3 is 2.10 bits per heavy atom. The summed E-state index contributed by atoms with van der Waals surface area (Å²) in [7, 11) is -7.68. The number of methoxy groups -OCH3 is 1. The molecule has 0 bridgehead atoms. The van der Waals surface area contributed by atoms with Gasteiger partial charge in [0.05, 0.1) is 19.0 Å². The van der Waals surface area contributed by atoms with Gasteiger partial charge in [0.15, 0.2) is 0 Å². The van der Waals surface area contributed by atoms with E-state index in [0.29, 0.717) is 0 Å². The molecule has 0 amide bonds. The van der Waals surface area contributed by atoms with E-state index in [4.69, 9.17) is 13.7 Å². The molecule has 0 radical (unpaired) electrons. The molecule has 20 heavy (non-hydrogen) atoms. The molecule has 1 fully saturated rings. The van der Waals surface area contributed by atoms with Crippen LogP contribution in [0.5, 0.6) is 0 Å². The van der Waals surface area contributed by atoms with Crippen LogP contribution in [0, 0.1) is 0 Å². The van der Waals surface area contributed by atoms with Gasteiger partial charge in [0.2, 0.25) is 10.4 Å². The molecule has 1 aliphatic heterocycles. The van der Waals surface area contributed by atoms with Gasteiger partial charge in [0.25, 0.3) is 10.1 Å². The molecule has 12 heteroatoms. The summed E-state index contributed by atoms with van der Waals surface area (Å²) in [5.74, 6) is 0. The van der Waals surface area contributed by atoms with Crippen molar-refractivity contribution in [3.63, 3.8) is 0 Å². The maximum absolute atomic E-state index is 11.1. The smallest absolute Gasteiger partial charge is 0.726 e. The van der Waals surface area contributed by atoms with Crippen molar-refractivity contribution < 1.29 is 68.8 Å². The number of rotatable bonds is 5. The molecule has 1 aliphatic rings. The van der Waals surface area contributed by atoms with E-state index in [1.165, 1.54) is 14.0 Å². The Hall–Kier alpha value is 0.700. The number of hydrogen-bond donors (Lipinski definition) is 0. The Morgan fingerprint density at radius 1 is 1.15 bits per heavy atom. The minimum Gasteiger partial charge on any atom is -0.726 e. The third-order valence-electron chi connectivity index (χ3n) is 2.49. The molecular formula is C8H15NaO9S2. The molecule has 0 spiro atoms. The predicted molar refractivity (Wildman–Crippen MR) is 60.5 cm³/mol. The van der Waals surface area contributed by atoms with E-state index in [1.54, 1.807) is 0 Å². The van der Waals surface area contributed by atoms with Crippen molar-refractivity contribution in [2.45, 2.75) is 31.3 Å². The van der Waals surface area contributed by atoms with Gasteiger partial charge in [-0.3, -0.25) is 8.37 Å². The molecule has 114 valence electrons. The fourth-order valence-corrected chi connectivity index (χ4v) is 2.88. The first-order chi connectivity index (χ1) is 8.53. The number of hydrogen-bond acceptors (Lipinski definition) is 9. The largest absolute Gasteiger partial charge is 1.00 e. The molecule has 4 atom stereocenters. The van der Waals surface area contributed by atoms with Gasteiger partial charge >= 0.3 is 29.6 Å². The summed E-state index contributed by atoms with van der Waals surface area (Å²) in [6, 6.07) is 0. The second-order valence-corrected chi connectivity index (χ2v) is 6.66. The summed E-state index contributed by atoms with van der Waals surface area (Å²) >= 11 is 0. The fraction of sp³-hybridized carbons (Fsp3) is 1.00. The summed E-state index contributed by atoms with van der Waals surface area (Å²) in [5.41, 5.74) is 0. The third kappa shape index (κ3) is 6.64. The van der Waals surface area contributed by atoms with Crippen LogP contribution in [0.3, 0.4) is 0 Å². The monoisotopic (exact) mass is 342 g/mol. The van der Waals surface area contributed by atoms with Crippen LogP contribution in [0.4, 0.5) is 0 Å². The van der Waals surface area contributed by atoms with Crippen molar-refractivity contribution in [3.8, 4) is 0 Å². The van der Waals surface area contributed by atoms with Gasteiger partial charge in [-0.2, -0.15) is 8.42 Å². The van der Waals surface area contributed by atoms with E-state index in [1.807, 2.05) is 0 Å². The van der Waals surface area contributed by atoms with Crippen LogP contribution >= 0.6 is 0 Å². The van der Waals surface area contributed by atoms with E-state index >= 15 is 0 Å². The predicted octanol–water partition coefficient (Wildman–Crippen LogP) is -4.39. The van der Waals surface area contributed by atoms with Crippen molar-refractivity contribution in [2.75, 3.05) is 20.0 Å². The van der Waals surface area contributed by atoms with E-state index in [2.05, 4.69) is 4.18 Å². The Kier molecular flexibility index (Phi) is 8.08. The molecule has 0 aromatic carbocycles. The van der Waals surface area contributed by atoms with Crippen LogP contribution in [-0.4, -0.2) is 65.8 Å². The van der Waals surface area contributed by atoms with Gasteiger partial charge in [-0.25, -0.2) is 8.42 Å². The summed E-state index contributed by atoms with van der Waals surface area (Å²) < 4.78 is 73.6. The summed E-state index contributed by atoms with van der Waals surface area (Å²) in [6.45, 7) is 1.41. The van der Waals surface area contributed by atoms with Crippen molar-refractivity contribution in [1.29, 1.82) is 0 Å². The quantitative estimate of drug-likeness (QED) is 0.210. The zero-order chi connectivity index (χ0) is 14.8. The van der Waals surface area contributed by atoms with E-state index in [9.17, 15) is 21.4 Å². The van der Waals surface area contributed by atoms with Crippen molar-refractivity contribution in [3.05, 3.63) is 0 Å². The second-order valence-electron chi connectivity index (χ2n) is 4.05. The summed E-state index contributed by atoms with van der Waals surface area (Å²) in [5, 5.41) is 0. The van der Waals surface area contributed by atoms with Gasteiger partial charge in [0.1, 0.15) is 18.3 Å². The topological polar surface area (TPSA) is 128 Å². The van der Waals surface area contributed by atoms with Gasteiger partial charge in [0, 0.05) is 7.11 Å². The van der Waals surface area contributed by atoms with Gasteiger partial charge in [-0.1, -0.05) is 0 Å². The van der Waals surface area contributed by atoms with Crippen molar-refractivity contribution in [1.82, 2.24) is 0 Å². The minimum atomic E-state index is -5.04. The first-order valence-corrected chi connectivity index (χ1v) is 8.35. The molecular weight excluding hydrogens is 327 g/mol. The zero-order valence-corrected chi connectivity index (χ0v) is 15.1. The Balaban J connectivity index is 0.00000361.